The van der Waals surface area contributed by atoms with Crippen molar-refractivity contribution >= 4 is 40.4 Å². The highest BCUT2D eigenvalue weighted by Gasteiger charge is 2.10. The lowest BCUT2D eigenvalue weighted by Crippen LogP contribution is -2.17. The molecule has 0 heterocycles. The Bertz CT molecular complexity index is 699. The number of nitro benzene ring substituents is 1. The maximum atomic E-state index is 11.8. The van der Waals surface area contributed by atoms with Crippen molar-refractivity contribution < 1.29 is 9.72 Å². The molecule has 0 radical (unpaired) electrons. The van der Waals surface area contributed by atoms with E-state index in [9.17, 15) is 14.9 Å². The molecule has 1 amide bonds. The van der Waals surface area contributed by atoms with Crippen LogP contribution in [0.5, 0.6) is 0 Å². The molecule has 0 saturated carbocycles. The van der Waals surface area contributed by atoms with Gasteiger partial charge in [0.15, 0.2) is 0 Å². The van der Waals surface area contributed by atoms with Gasteiger partial charge in [0, 0.05) is 15.2 Å². The number of carbonyl (C=O) groups excluding carboxylic acids is 1. The highest BCUT2D eigenvalue weighted by atomic mass is 127. The molecule has 0 unspecified atom stereocenters. The van der Waals surface area contributed by atoms with Gasteiger partial charge >= 0.3 is 0 Å². The molecule has 0 fully saturated rings. The van der Waals surface area contributed by atoms with E-state index in [1.54, 1.807) is 42.5 Å². The summed E-state index contributed by atoms with van der Waals surface area (Å²) < 4.78 is 1.02. The van der Waals surface area contributed by atoms with E-state index in [-0.39, 0.29) is 11.6 Å². The van der Waals surface area contributed by atoms with Crippen molar-refractivity contribution in [2.24, 2.45) is 5.10 Å². The van der Waals surface area contributed by atoms with Gasteiger partial charge in [0.2, 0.25) is 0 Å². The Morgan fingerprint density at radius 2 is 1.86 bits per heavy atom. The number of para-hydroxylation sites is 1. The number of hydrogen-bond donors (Lipinski definition) is 1. The van der Waals surface area contributed by atoms with Crippen LogP contribution in [0.2, 0.25) is 0 Å². The van der Waals surface area contributed by atoms with Crippen LogP contribution in [-0.2, 0) is 0 Å². The topological polar surface area (TPSA) is 84.6 Å². The zero-order valence-electron chi connectivity index (χ0n) is 10.7. The first-order chi connectivity index (χ1) is 10.1. The minimum atomic E-state index is -0.498. The first kappa shape index (κ1) is 15.1. The summed E-state index contributed by atoms with van der Waals surface area (Å²) in [5.41, 5.74) is 3.07. The SMILES string of the molecule is O=C(N/N=C\c1ccccc1[N+](=O)[O-])c1ccc(I)cc1. The normalized spacial score (nSPS) is 10.5. The van der Waals surface area contributed by atoms with Gasteiger partial charge in [-0.3, -0.25) is 14.9 Å². The van der Waals surface area contributed by atoms with E-state index in [0.717, 1.165) is 3.57 Å². The van der Waals surface area contributed by atoms with Crippen LogP contribution >= 0.6 is 22.6 Å². The Hall–Kier alpha value is -2.29. The number of nitrogens with one attached hydrogen (secondary N) is 1. The standard InChI is InChI=1S/C14H10IN3O3/c15-12-7-5-10(6-8-12)14(19)17-16-9-11-3-1-2-4-13(11)18(20)21/h1-9H,(H,17,19)/b16-9-. The number of carbonyl (C=O) groups is 1. The predicted molar refractivity (Wildman–Crippen MR) is 87.3 cm³/mol. The summed E-state index contributed by atoms with van der Waals surface area (Å²) in [6, 6.07) is 13.1. The van der Waals surface area contributed by atoms with Crippen molar-refractivity contribution in [2.75, 3.05) is 0 Å². The molecule has 0 spiro atoms. The van der Waals surface area contributed by atoms with E-state index in [0.29, 0.717) is 11.1 Å². The average molecular weight is 395 g/mol. The van der Waals surface area contributed by atoms with Gasteiger partial charge in [-0.1, -0.05) is 12.1 Å². The number of halogens is 1. The quantitative estimate of drug-likeness (QED) is 0.374. The van der Waals surface area contributed by atoms with Gasteiger partial charge in [0.1, 0.15) is 0 Å². The fraction of sp³-hybridized carbons (Fsp3) is 0. The zero-order valence-corrected chi connectivity index (χ0v) is 12.9. The largest absolute Gasteiger partial charge is 0.278 e. The van der Waals surface area contributed by atoms with E-state index in [2.05, 4.69) is 33.1 Å². The number of hydrazone groups is 1. The molecule has 0 atom stereocenters. The predicted octanol–water partition coefficient (Wildman–Crippen LogP) is 2.96. The van der Waals surface area contributed by atoms with Crippen molar-refractivity contribution in [3.63, 3.8) is 0 Å². The average Bonchev–Trinajstić information content (AvgIpc) is 2.48. The van der Waals surface area contributed by atoms with Crippen LogP contribution in [0.3, 0.4) is 0 Å². The smallest absolute Gasteiger partial charge is 0.267 e. The fourth-order valence-electron chi connectivity index (χ4n) is 1.59. The highest BCUT2D eigenvalue weighted by Crippen LogP contribution is 2.15. The summed E-state index contributed by atoms with van der Waals surface area (Å²) in [5, 5.41) is 14.6. The van der Waals surface area contributed by atoms with Crippen molar-refractivity contribution in [1.29, 1.82) is 0 Å². The lowest BCUT2D eigenvalue weighted by Gasteiger charge is -2.00. The van der Waals surface area contributed by atoms with Gasteiger partial charge in [0.05, 0.1) is 16.7 Å². The molecule has 2 aromatic rings. The molecule has 0 aliphatic carbocycles. The zero-order chi connectivity index (χ0) is 15.2. The molecule has 7 heteroatoms. The van der Waals surface area contributed by atoms with E-state index < -0.39 is 4.92 Å². The number of rotatable bonds is 4. The van der Waals surface area contributed by atoms with E-state index in [4.69, 9.17) is 0 Å². The lowest BCUT2D eigenvalue weighted by atomic mass is 10.2. The van der Waals surface area contributed by atoms with Crippen LogP contribution in [0.25, 0.3) is 0 Å². The molecule has 6 nitrogen and oxygen atoms in total. The number of hydrogen-bond acceptors (Lipinski definition) is 4. The summed E-state index contributed by atoms with van der Waals surface area (Å²) in [5.74, 6) is -0.374. The lowest BCUT2D eigenvalue weighted by molar-refractivity contribution is -0.385. The number of nitro groups is 1. The molecular formula is C14H10IN3O3. The molecule has 21 heavy (non-hydrogen) atoms. The Balaban J connectivity index is 2.07. The molecule has 0 saturated heterocycles. The minimum Gasteiger partial charge on any atom is -0.267 e. The fourth-order valence-corrected chi connectivity index (χ4v) is 1.95. The van der Waals surface area contributed by atoms with E-state index in [1.807, 2.05) is 0 Å². The summed E-state index contributed by atoms with van der Waals surface area (Å²) in [6.07, 6.45) is 1.25. The number of benzene rings is 2. The molecule has 1 N–H and O–H groups in total. The summed E-state index contributed by atoms with van der Waals surface area (Å²) in [7, 11) is 0. The summed E-state index contributed by atoms with van der Waals surface area (Å²) in [6.45, 7) is 0. The van der Waals surface area contributed by atoms with Crippen LogP contribution < -0.4 is 5.43 Å². The Morgan fingerprint density at radius 3 is 2.52 bits per heavy atom. The second kappa shape index (κ2) is 6.93. The molecule has 106 valence electrons. The molecule has 0 aliphatic rings. The van der Waals surface area contributed by atoms with Gasteiger partial charge in [-0.25, -0.2) is 5.43 Å². The Kier molecular flexibility index (Phi) is 4.99. The van der Waals surface area contributed by atoms with Gasteiger partial charge in [-0.05, 0) is 52.9 Å². The molecule has 0 aliphatic heterocycles. The minimum absolute atomic E-state index is 0.0650. The maximum Gasteiger partial charge on any atom is 0.278 e. The summed E-state index contributed by atoms with van der Waals surface area (Å²) >= 11 is 2.14. The number of nitrogens with zero attached hydrogens (tertiary/aromatic N) is 2. The van der Waals surface area contributed by atoms with Crippen molar-refractivity contribution in [2.45, 2.75) is 0 Å². The van der Waals surface area contributed by atoms with Crippen LogP contribution in [-0.4, -0.2) is 17.0 Å². The third-order valence-corrected chi connectivity index (χ3v) is 3.33. The number of amides is 1. The Labute approximate surface area is 134 Å². The first-order valence-electron chi connectivity index (χ1n) is 5.90. The third kappa shape index (κ3) is 4.09. The maximum absolute atomic E-state index is 11.8. The molecule has 2 rings (SSSR count). The van der Waals surface area contributed by atoms with Gasteiger partial charge in [-0.2, -0.15) is 5.10 Å². The third-order valence-electron chi connectivity index (χ3n) is 2.61. The van der Waals surface area contributed by atoms with Crippen molar-refractivity contribution in [3.05, 3.63) is 73.3 Å². The second-order valence-corrected chi connectivity index (χ2v) is 5.27. The highest BCUT2D eigenvalue weighted by molar-refractivity contribution is 14.1. The first-order valence-corrected chi connectivity index (χ1v) is 6.98. The van der Waals surface area contributed by atoms with Crippen molar-refractivity contribution in [3.8, 4) is 0 Å². The second-order valence-electron chi connectivity index (χ2n) is 4.02. The molecular weight excluding hydrogens is 385 g/mol. The van der Waals surface area contributed by atoms with Crippen LogP contribution in [0, 0.1) is 13.7 Å². The van der Waals surface area contributed by atoms with Crippen LogP contribution in [0.4, 0.5) is 5.69 Å². The monoisotopic (exact) mass is 395 g/mol. The van der Waals surface area contributed by atoms with E-state index in [1.165, 1.54) is 12.3 Å². The Morgan fingerprint density at radius 1 is 1.19 bits per heavy atom. The molecule has 2 aromatic carbocycles. The van der Waals surface area contributed by atoms with Crippen LogP contribution in [0.15, 0.2) is 53.6 Å². The van der Waals surface area contributed by atoms with Crippen LogP contribution in [0.1, 0.15) is 15.9 Å². The molecule has 0 aromatic heterocycles. The molecule has 0 bridgehead atoms. The van der Waals surface area contributed by atoms with Gasteiger partial charge < -0.3 is 0 Å². The van der Waals surface area contributed by atoms with Crippen molar-refractivity contribution in [1.82, 2.24) is 5.43 Å². The summed E-state index contributed by atoms with van der Waals surface area (Å²) in [4.78, 5) is 22.1. The van der Waals surface area contributed by atoms with Gasteiger partial charge in [-0.15, -0.1) is 0 Å². The van der Waals surface area contributed by atoms with E-state index >= 15 is 0 Å². The van der Waals surface area contributed by atoms with Gasteiger partial charge in [0.25, 0.3) is 11.6 Å².